The van der Waals surface area contributed by atoms with E-state index >= 15 is 0 Å². The Kier molecular flexibility index (Phi) is 13.1. The second-order valence-corrected chi connectivity index (χ2v) is 13.5. The molecule has 0 heterocycles. The molecule has 3 N–H and O–H groups in total. The summed E-state index contributed by atoms with van der Waals surface area (Å²) in [5, 5.41) is 36.4. The third kappa shape index (κ3) is 8.56. The molecule has 0 aromatic heterocycles. The Bertz CT molecular complexity index is 1560. The molecular formula is C32H30CuN6O2PS2+. The van der Waals surface area contributed by atoms with Crippen molar-refractivity contribution in [3.05, 3.63) is 126 Å². The third-order valence-corrected chi connectivity index (χ3v) is 11.2. The molecule has 8 nitrogen and oxygen atoms in total. The van der Waals surface area contributed by atoms with Crippen molar-refractivity contribution in [2.75, 3.05) is 13.3 Å². The van der Waals surface area contributed by atoms with Crippen LogP contribution in [-0.2, 0) is 42.3 Å². The van der Waals surface area contributed by atoms with Crippen LogP contribution in [0.25, 0.3) is 0 Å². The Hall–Kier alpha value is -3.98. The van der Waals surface area contributed by atoms with E-state index in [0.717, 1.165) is 0 Å². The maximum atomic E-state index is 11.3. The van der Waals surface area contributed by atoms with Crippen LogP contribution in [0.2, 0.25) is 0 Å². The second-order valence-electron chi connectivity index (χ2n) is 9.23. The second kappa shape index (κ2) is 16.8. The van der Waals surface area contributed by atoms with Crippen molar-refractivity contribution >= 4 is 76.2 Å². The summed E-state index contributed by atoms with van der Waals surface area (Å²) in [4.78, 5) is 11.3. The van der Waals surface area contributed by atoms with Crippen molar-refractivity contribution in [3.63, 3.8) is 0 Å². The number of carboxylic acids is 1. The van der Waals surface area contributed by atoms with Gasteiger partial charge in [-0.1, -0.05) is 66.7 Å². The molecule has 4 aromatic carbocycles. The zero-order chi connectivity index (χ0) is 30.7. The fourth-order valence-electron chi connectivity index (χ4n) is 4.41. The first-order chi connectivity index (χ1) is 20.8. The molecule has 0 atom stereocenters. The van der Waals surface area contributed by atoms with Crippen LogP contribution in [0.1, 0.15) is 22.8 Å². The number of aromatic carboxylic acids is 1. The van der Waals surface area contributed by atoms with Crippen LogP contribution in [0.4, 0.5) is 0 Å². The first-order valence-electron chi connectivity index (χ1n) is 13.3. The van der Waals surface area contributed by atoms with Gasteiger partial charge in [0.25, 0.3) is 0 Å². The summed E-state index contributed by atoms with van der Waals surface area (Å²) in [6.45, 7) is 1.73. The van der Waals surface area contributed by atoms with Gasteiger partial charge in [0, 0.05) is 17.8 Å². The molecule has 0 saturated heterocycles. The Morgan fingerprint density at radius 1 is 0.682 bits per heavy atom. The number of benzene rings is 4. The average Bonchev–Trinajstić information content (AvgIpc) is 3.05. The molecule has 12 heteroatoms. The van der Waals surface area contributed by atoms with Crippen LogP contribution >= 0.6 is 7.26 Å². The Labute approximate surface area is 279 Å². The standard InChI is InChI=1S/C32H31N6O2PS2.Cu/c1-23(29(36-37-31(42)33-2)24-18-20-25(21-19-24)30(39)40)35-38-32(43)34-22-41(26-12-6-3-7-13-26,27-14-8-4-9-15-27)28-16-10-5-11-17-28;/h3-21H,22H2,1-2H3,(H4-,33,34,35,36,37,38,39,40,42,43);/q;+2/p-1. The van der Waals surface area contributed by atoms with E-state index in [1.54, 1.807) is 26.1 Å². The van der Waals surface area contributed by atoms with Gasteiger partial charge in [0.2, 0.25) is 0 Å². The molecule has 4 aromatic rings. The van der Waals surface area contributed by atoms with E-state index < -0.39 is 13.2 Å². The van der Waals surface area contributed by atoms with Crippen LogP contribution in [0.15, 0.2) is 136 Å². The molecule has 0 saturated carbocycles. The molecule has 44 heavy (non-hydrogen) atoms. The summed E-state index contributed by atoms with van der Waals surface area (Å²) in [5.41, 5.74) is 1.55. The fourth-order valence-corrected chi connectivity index (χ4v) is 8.55. The predicted octanol–water partition coefficient (Wildman–Crippen LogP) is 4.03. The van der Waals surface area contributed by atoms with E-state index in [1.807, 2.05) is 18.2 Å². The SMILES string of the molecule is CN/C([S-])=N/N=C(/C(C)=N/N=C(\[S-])NC[P+](c1ccccc1)(c1ccccc1)c1ccccc1)c1ccc(C(=O)O)cc1.[Cu+2]. The van der Waals surface area contributed by atoms with Crippen LogP contribution in [0.3, 0.4) is 0 Å². The molecule has 1 radical (unpaired) electrons. The number of nitrogens with zero attached hydrogens (tertiary/aromatic N) is 4. The van der Waals surface area contributed by atoms with E-state index in [9.17, 15) is 9.90 Å². The summed E-state index contributed by atoms with van der Waals surface area (Å²) in [5.74, 6) is -1.02. The summed E-state index contributed by atoms with van der Waals surface area (Å²) in [6.07, 6.45) is 0.533. The Morgan fingerprint density at radius 3 is 1.55 bits per heavy atom. The fraction of sp³-hybridized carbons (Fsp3) is 0.0938. The number of amidine groups is 2. The summed E-state index contributed by atoms with van der Waals surface area (Å²) in [6, 6.07) is 37.6. The number of carbonyl (C=O) groups is 1. The average molecular weight is 689 g/mol. The summed E-state index contributed by atoms with van der Waals surface area (Å²) < 4.78 is 0. The molecule has 0 fully saturated rings. The predicted molar refractivity (Wildman–Crippen MR) is 185 cm³/mol. The van der Waals surface area contributed by atoms with Gasteiger partial charge in [-0.05, 0) is 60.6 Å². The van der Waals surface area contributed by atoms with Gasteiger partial charge in [0.15, 0.2) is 0 Å². The number of rotatable bonds is 10. The molecule has 4 rings (SSSR count). The normalized spacial score (nSPS) is 12.7. The quantitative estimate of drug-likeness (QED) is 0.0580. The minimum atomic E-state index is -2.17. The van der Waals surface area contributed by atoms with Gasteiger partial charge >= 0.3 is 23.0 Å². The Balaban J connectivity index is 0.00000529. The number of carboxylic acid groups (broad SMARTS) is 1. The van der Waals surface area contributed by atoms with E-state index in [-0.39, 0.29) is 33.0 Å². The molecular weight excluding hydrogens is 659 g/mol. The molecule has 0 aliphatic rings. The van der Waals surface area contributed by atoms with Gasteiger partial charge in [-0.25, -0.2) is 4.79 Å². The molecule has 0 aliphatic heterocycles. The summed E-state index contributed by atoms with van der Waals surface area (Å²) >= 11 is 10.7. The van der Waals surface area contributed by atoms with Gasteiger partial charge in [0.1, 0.15) is 35.2 Å². The minimum Gasteiger partial charge on any atom is -0.741 e. The third-order valence-electron chi connectivity index (χ3n) is 6.55. The number of hydrogen-bond acceptors (Lipinski definition) is 7. The van der Waals surface area contributed by atoms with Gasteiger partial charge in [-0.3, -0.25) is 0 Å². The van der Waals surface area contributed by atoms with Crippen LogP contribution < -0.4 is 26.5 Å². The topological polar surface area (TPSA) is 111 Å². The van der Waals surface area contributed by atoms with E-state index in [2.05, 4.69) is 104 Å². The minimum absolute atomic E-state index is 0. The van der Waals surface area contributed by atoms with Gasteiger partial charge in [0.05, 0.1) is 11.3 Å². The maximum absolute atomic E-state index is 11.3. The van der Waals surface area contributed by atoms with E-state index in [4.69, 9.17) is 25.3 Å². The largest absolute Gasteiger partial charge is 2.00 e. The van der Waals surface area contributed by atoms with Crippen molar-refractivity contribution in [1.82, 2.24) is 10.6 Å². The van der Waals surface area contributed by atoms with Crippen molar-refractivity contribution < 1.29 is 27.0 Å². The van der Waals surface area contributed by atoms with Crippen molar-refractivity contribution in [1.29, 1.82) is 0 Å². The van der Waals surface area contributed by atoms with Crippen LogP contribution in [0.5, 0.6) is 0 Å². The first kappa shape index (κ1) is 34.5. The zero-order valence-electron chi connectivity index (χ0n) is 23.9. The zero-order valence-corrected chi connectivity index (χ0v) is 27.4. The number of hydrogen-bond donors (Lipinski definition) is 3. The first-order valence-corrected chi connectivity index (χ1v) is 16.1. The van der Waals surface area contributed by atoms with Crippen molar-refractivity contribution in [2.24, 2.45) is 20.4 Å². The molecule has 0 bridgehead atoms. The van der Waals surface area contributed by atoms with Gasteiger partial charge in [-0.15, -0.1) is 5.10 Å². The molecule has 227 valence electrons. The van der Waals surface area contributed by atoms with E-state index in [0.29, 0.717) is 23.3 Å². The molecule has 0 spiro atoms. The molecule has 0 amide bonds. The van der Waals surface area contributed by atoms with Crippen molar-refractivity contribution in [2.45, 2.75) is 6.92 Å². The van der Waals surface area contributed by atoms with Crippen molar-refractivity contribution in [3.8, 4) is 0 Å². The molecule has 0 unspecified atom stereocenters. The maximum Gasteiger partial charge on any atom is 2.00 e. The van der Waals surface area contributed by atoms with Gasteiger partial charge < -0.3 is 41.0 Å². The summed E-state index contributed by atoms with van der Waals surface area (Å²) in [7, 11) is -0.530. The van der Waals surface area contributed by atoms with E-state index in [1.165, 1.54) is 28.0 Å². The molecule has 0 aliphatic carbocycles. The number of nitrogens with one attached hydrogen (secondary N) is 2. The van der Waals surface area contributed by atoms with Gasteiger partial charge in [-0.2, -0.15) is 15.3 Å². The Morgan fingerprint density at radius 2 is 1.11 bits per heavy atom. The smallest absolute Gasteiger partial charge is 0.741 e. The van der Waals surface area contributed by atoms with Crippen LogP contribution in [-0.4, -0.2) is 46.2 Å². The van der Waals surface area contributed by atoms with Crippen LogP contribution in [0, 0.1) is 0 Å². The monoisotopic (exact) mass is 688 g/mol.